The molecule has 0 aliphatic rings. The monoisotopic (exact) mass is 634 g/mol. The van der Waals surface area contributed by atoms with Crippen molar-refractivity contribution in [2.24, 2.45) is 36.2 Å². The normalized spacial score (nSPS) is 13.1. The Morgan fingerprint density at radius 3 is 1.95 bits per heavy atom. The van der Waals surface area contributed by atoms with Crippen LogP contribution in [0.25, 0.3) is 0 Å². The maximum Gasteiger partial charge on any atom is 0.296 e. The first kappa shape index (κ1) is 31.8. The van der Waals surface area contributed by atoms with Gasteiger partial charge in [0.1, 0.15) is 16.4 Å². The highest BCUT2D eigenvalue weighted by Crippen LogP contribution is 2.32. The zero-order valence-electron chi connectivity index (χ0n) is 23.3. The molecule has 226 valence electrons. The van der Waals surface area contributed by atoms with Crippen molar-refractivity contribution < 1.29 is 25.9 Å². The van der Waals surface area contributed by atoms with E-state index < -0.39 is 25.1 Å². The molecule has 0 atom stereocenters. The molecule has 44 heavy (non-hydrogen) atoms. The van der Waals surface area contributed by atoms with Crippen molar-refractivity contribution >= 4 is 66.2 Å². The Morgan fingerprint density at radius 2 is 1.32 bits per heavy atom. The van der Waals surface area contributed by atoms with E-state index in [1.807, 2.05) is 30.3 Å². The van der Waals surface area contributed by atoms with Gasteiger partial charge in [0.25, 0.3) is 20.2 Å². The van der Waals surface area contributed by atoms with Gasteiger partial charge in [0.05, 0.1) is 27.6 Å². The summed E-state index contributed by atoms with van der Waals surface area (Å²) in [4.78, 5) is 7.75. The SMILES string of the molecule is CC(=Nc1ccccc1)N=C(N)Nc1ccc(N=Nc2ccc(N=Nc3ccc(S(=O)(=O)O)cc3)cc2S(=O)(=O)O)c(C)c1. The number of azo groups is 2. The molecular formula is C28H26N8O6S2. The number of aliphatic imine (C=N–C) groups is 2. The number of amidine groups is 1. The molecule has 14 nitrogen and oxygen atoms in total. The van der Waals surface area contributed by atoms with E-state index >= 15 is 0 Å². The van der Waals surface area contributed by atoms with E-state index in [4.69, 9.17) is 10.3 Å². The third-order valence-corrected chi connectivity index (χ3v) is 7.45. The molecule has 0 aliphatic heterocycles. The molecule has 4 rings (SSSR count). The first-order chi connectivity index (χ1) is 20.8. The molecular weight excluding hydrogens is 608 g/mol. The lowest BCUT2D eigenvalue weighted by molar-refractivity contribution is 0.481. The predicted octanol–water partition coefficient (Wildman–Crippen LogP) is 6.80. The molecule has 0 fully saturated rings. The zero-order valence-corrected chi connectivity index (χ0v) is 24.9. The molecule has 4 aromatic carbocycles. The zero-order chi connectivity index (χ0) is 31.9. The summed E-state index contributed by atoms with van der Waals surface area (Å²) in [6.45, 7) is 3.49. The van der Waals surface area contributed by atoms with Crippen molar-refractivity contribution in [2.45, 2.75) is 23.6 Å². The number of nitrogens with one attached hydrogen (secondary N) is 1. The second-order valence-electron chi connectivity index (χ2n) is 9.11. The molecule has 0 saturated heterocycles. The van der Waals surface area contributed by atoms with E-state index in [9.17, 15) is 21.4 Å². The lowest BCUT2D eigenvalue weighted by atomic mass is 10.2. The summed E-state index contributed by atoms with van der Waals surface area (Å²) in [5, 5.41) is 19.0. The minimum atomic E-state index is -4.72. The van der Waals surface area contributed by atoms with E-state index in [1.54, 1.807) is 32.0 Å². The van der Waals surface area contributed by atoms with Crippen LogP contribution in [0, 0.1) is 6.92 Å². The highest BCUT2D eigenvalue weighted by molar-refractivity contribution is 7.86. The molecule has 5 N–H and O–H groups in total. The van der Waals surface area contributed by atoms with Crippen molar-refractivity contribution in [1.82, 2.24) is 0 Å². The van der Waals surface area contributed by atoms with Crippen LogP contribution in [0.3, 0.4) is 0 Å². The van der Waals surface area contributed by atoms with Gasteiger partial charge in [-0.2, -0.15) is 32.2 Å². The largest absolute Gasteiger partial charge is 0.369 e. The average molecular weight is 635 g/mol. The number of para-hydroxylation sites is 1. The van der Waals surface area contributed by atoms with Gasteiger partial charge in [0.15, 0.2) is 5.96 Å². The maximum absolute atomic E-state index is 12.1. The van der Waals surface area contributed by atoms with Gasteiger partial charge in [0.2, 0.25) is 0 Å². The number of guanidine groups is 1. The summed E-state index contributed by atoms with van der Waals surface area (Å²) in [5.41, 5.74) is 8.63. The molecule has 0 saturated carbocycles. The number of aryl methyl sites for hydroxylation is 1. The third-order valence-electron chi connectivity index (χ3n) is 5.70. The van der Waals surface area contributed by atoms with Gasteiger partial charge in [-0.15, -0.1) is 5.11 Å². The first-order valence-corrected chi connectivity index (χ1v) is 15.5. The Bertz CT molecular complexity index is 2010. The smallest absolute Gasteiger partial charge is 0.296 e. The predicted molar refractivity (Wildman–Crippen MR) is 167 cm³/mol. The van der Waals surface area contributed by atoms with Crippen LogP contribution in [0.4, 0.5) is 34.1 Å². The molecule has 0 aliphatic carbocycles. The molecule has 0 unspecified atom stereocenters. The van der Waals surface area contributed by atoms with Gasteiger partial charge in [-0.1, -0.05) is 18.2 Å². The minimum absolute atomic E-state index is 0.0605. The van der Waals surface area contributed by atoms with Crippen LogP contribution in [0.15, 0.2) is 131 Å². The number of hydrogen-bond donors (Lipinski definition) is 4. The Labute approximate surface area is 253 Å². The summed E-state index contributed by atoms with van der Waals surface area (Å²) < 4.78 is 65.3. The highest BCUT2D eigenvalue weighted by atomic mass is 32.2. The topological polar surface area (TPSA) is 221 Å². The van der Waals surface area contributed by atoms with E-state index in [0.29, 0.717) is 22.8 Å². The molecule has 16 heteroatoms. The minimum Gasteiger partial charge on any atom is -0.369 e. The molecule has 0 heterocycles. The Morgan fingerprint density at radius 1 is 0.705 bits per heavy atom. The van der Waals surface area contributed by atoms with Crippen LogP contribution in [0.1, 0.15) is 12.5 Å². The van der Waals surface area contributed by atoms with Crippen molar-refractivity contribution in [2.75, 3.05) is 5.32 Å². The molecule has 4 aromatic rings. The van der Waals surface area contributed by atoms with Crippen molar-refractivity contribution in [1.29, 1.82) is 0 Å². The number of rotatable bonds is 8. The van der Waals surface area contributed by atoms with E-state index in [-0.39, 0.29) is 27.9 Å². The summed E-state index contributed by atoms with van der Waals surface area (Å²) in [7, 11) is -9.09. The highest BCUT2D eigenvalue weighted by Gasteiger charge is 2.17. The summed E-state index contributed by atoms with van der Waals surface area (Å²) in [6.07, 6.45) is 0. The fraction of sp³-hybridized carbons (Fsp3) is 0.0714. The molecule has 0 radical (unpaired) electrons. The van der Waals surface area contributed by atoms with Crippen LogP contribution >= 0.6 is 0 Å². The second-order valence-corrected chi connectivity index (χ2v) is 11.9. The van der Waals surface area contributed by atoms with Crippen molar-refractivity contribution in [3.05, 3.63) is 96.6 Å². The van der Waals surface area contributed by atoms with E-state index in [2.05, 4.69) is 35.8 Å². The standard InChI is InChI=1S/C28H26N8O6S2/c1-18-16-22(32-28(29)31-19(2)30-20-6-4-3-5-7-20)10-14-25(18)35-36-26-15-11-23(17-27(26)44(40,41)42)34-33-21-8-12-24(13-9-21)43(37,38)39/h3-17H,1-2H3,(H,37,38,39)(H,40,41,42)(H3,29,30,31,32). The first-order valence-electron chi connectivity index (χ1n) is 12.6. The Balaban J connectivity index is 1.50. The van der Waals surface area contributed by atoms with Crippen molar-refractivity contribution in [3.63, 3.8) is 0 Å². The molecule has 0 bridgehead atoms. The lowest BCUT2D eigenvalue weighted by Gasteiger charge is -2.08. The molecule has 0 aromatic heterocycles. The number of hydrogen-bond acceptors (Lipinski definition) is 9. The summed E-state index contributed by atoms with van der Waals surface area (Å²) >= 11 is 0. The van der Waals surface area contributed by atoms with Gasteiger partial charge in [-0.05, 0) is 92.2 Å². The van der Waals surface area contributed by atoms with Gasteiger partial charge in [-0.25, -0.2) is 9.98 Å². The summed E-state index contributed by atoms with van der Waals surface area (Å²) in [5.74, 6) is 0.584. The van der Waals surface area contributed by atoms with Gasteiger partial charge >= 0.3 is 0 Å². The fourth-order valence-corrected chi connectivity index (χ4v) is 4.80. The Hall–Kier alpha value is -5.16. The summed E-state index contributed by atoms with van der Waals surface area (Å²) in [6, 6.07) is 23.0. The lowest BCUT2D eigenvalue weighted by Crippen LogP contribution is -2.23. The number of anilines is 1. The molecule has 0 spiro atoms. The number of benzene rings is 4. The quantitative estimate of drug-likeness (QED) is 0.0697. The van der Waals surface area contributed by atoms with Gasteiger partial charge < -0.3 is 11.1 Å². The van der Waals surface area contributed by atoms with E-state index in [1.165, 1.54) is 24.3 Å². The van der Waals surface area contributed by atoms with Crippen LogP contribution in [0.5, 0.6) is 0 Å². The van der Waals surface area contributed by atoms with E-state index in [0.717, 1.165) is 23.9 Å². The van der Waals surface area contributed by atoms with Crippen LogP contribution in [-0.2, 0) is 20.2 Å². The van der Waals surface area contributed by atoms with Crippen molar-refractivity contribution in [3.8, 4) is 0 Å². The van der Waals surface area contributed by atoms with Crippen LogP contribution in [-0.4, -0.2) is 37.7 Å². The second kappa shape index (κ2) is 13.4. The maximum atomic E-state index is 12.1. The fourth-order valence-electron chi connectivity index (χ4n) is 3.67. The van der Waals surface area contributed by atoms with Crippen LogP contribution in [0.2, 0.25) is 0 Å². The third kappa shape index (κ3) is 8.92. The van der Waals surface area contributed by atoms with Crippen LogP contribution < -0.4 is 11.1 Å². The van der Waals surface area contributed by atoms with Gasteiger partial charge in [-0.3, -0.25) is 9.11 Å². The molecule has 0 amide bonds. The Kier molecular flexibility index (Phi) is 9.70. The van der Waals surface area contributed by atoms with Gasteiger partial charge in [0, 0.05) is 5.69 Å². The number of nitrogens with two attached hydrogens (primary N) is 1. The number of nitrogens with zero attached hydrogens (tertiary/aromatic N) is 6. The average Bonchev–Trinajstić information content (AvgIpc) is 2.95.